The molecule has 0 radical (unpaired) electrons. The van der Waals surface area contributed by atoms with Crippen molar-refractivity contribution in [2.45, 2.75) is 19.3 Å². The number of aryl methyl sites for hydroxylation is 2. The summed E-state index contributed by atoms with van der Waals surface area (Å²) in [5, 5.41) is 11.3. The zero-order valence-electron chi connectivity index (χ0n) is 15.5. The van der Waals surface area contributed by atoms with Crippen molar-refractivity contribution in [1.82, 2.24) is 24.5 Å². The topological polar surface area (TPSA) is 77.6 Å². The third-order valence-corrected chi connectivity index (χ3v) is 5.37. The lowest BCUT2D eigenvalue weighted by atomic mass is 9.89. The fraction of sp³-hybridized carbons (Fsp3) is 0.238. The summed E-state index contributed by atoms with van der Waals surface area (Å²) in [7, 11) is 1.88. The van der Waals surface area contributed by atoms with Gasteiger partial charge in [-0.25, -0.2) is 4.98 Å². The number of anilines is 1. The summed E-state index contributed by atoms with van der Waals surface area (Å²) in [5.74, 6) is 0.416. The first-order chi connectivity index (χ1) is 13.7. The van der Waals surface area contributed by atoms with Crippen molar-refractivity contribution in [3.05, 3.63) is 66.0 Å². The second-order valence-corrected chi connectivity index (χ2v) is 7.13. The first-order valence-corrected chi connectivity index (χ1v) is 9.42. The van der Waals surface area contributed by atoms with Gasteiger partial charge in [0.05, 0.1) is 22.4 Å². The van der Waals surface area contributed by atoms with Gasteiger partial charge in [-0.05, 0) is 37.1 Å². The summed E-state index contributed by atoms with van der Waals surface area (Å²) in [5.41, 5.74) is 4.83. The number of nitrogens with zero attached hydrogens (tertiary/aromatic N) is 5. The number of carbonyl (C=O) groups is 1. The average Bonchev–Trinajstić information content (AvgIpc) is 3.28. The molecule has 1 N–H and O–H groups in total. The number of hydrogen-bond acceptors (Lipinski definition) is 4. The Balaban J connectivity index is 1.49. The summed E-state index contributed by atoms with van der Waals surface area (Å²) in [6.07, 6.45) is 2.19. The minimum atomic E-state index is -0.117. The van der Waals surface area contributed by atoms with E-state index in [2.05, 4.69) is 20.6 Å². The van der Waals surface area contributed by atoms with E-state index in [-0.39, 0.29) is 11.8 Å². The highest BCUT2D eigenvalue weighted by Crippen LogP contribution is 2.27. The number of hydrogen-bond donors (Lipinski definition) is 1. The SMILES string of the molecule is Cn1nnc2c1CC(C(=O)Nc1nc3ccccc3n1-c1ccccc1)CC2. The highest BCUT2D eigenvalue weighted by molar-refractivity contribution is 5.94. The van der Waals surface area contributed by atoms with Gasteiger partial charge >= 0.3 is 0 Å². The van der Waals surface area contributed by atoms with Crippen LogP contribution in [0.15, 0.2) is 54.6 Å². The lowest BCUT2D eigenvalue weighted by Crippen LogP contribution is -2.30. The van der Waals surface area contributed by atoms with Crippen LogP contribution in [-0.4, -0.2) is 30.5 Å². The van der Waals surface area contributed by atoms with Crippen LogP contribution in [0.1, 0.15) is 17.8 Å². The second-order valence-electron chi connectivity index (χ2n) is 7.13. The minimum Gasteiger partial charge on any atom is -0.295 e. The van der Waals surface area contributed by atoms with Gasteiger partial charge in [-0.1, -0.05) is 35.5 Å². The van der Waals surface area contributed by atoms with Crippen molar-refractivity contribution in [2.24, 2.45) is 13.0 Å². The van der Waals surface area contributed by atoms with Crippen LogP contribution in [0.25, 0.3) is 16.7 Å². The summed E-state index contributed by atoms with van der Waals surface area (Å²) in [6, 6.07) is 17.9. The van der Waals surface area contributed by atoms with Crippen LogP contribution in [0.2, 0.25) is 0 Å². The molecule has 0 saturated heterocycles. The molecule has 0 fully saturated rings. The Bertz CT molecular complexity index is 1160. The van der Waals surface area contributed by atoms with Crippen LogP contribution in [0.4, 0.5) is 5.95 Å². The number of benzene rings is 2. The third-order valence-electron chi connectivity index (χ3n) is 5.37. The van der Waals surface area contributed by atoms with E-state index in [4.69, 9.17) is 0 Å². The number of aromatic nitrogens is 5. The van der Waals surface area contributed by atoms with Gasteiger partial charge in [-0.2, -0.15) is 0 Å². The predicted octanol–water partition coefficient (Wildman–Crippen LogP) is 2.90. The molecular weight excluding hydrogens is 352 g/mol. The lowest BCUT2D eigenvalue weighted by Gasteiger charge is -2.21. The molecule has 0 spiro atoms. The molecule has 5 rings (SSSR count). The molecule has 1 aliphatic carbocycles. The molecule has 1 unspecified atom stereocenters. The number of amides is 1. The van der Waals surface area contributed by atoms with E-state index >= 15 is 0 Å². The van der Waals surface area contributed by atoms with Crippen molar-refractivity contribution < 1.29 is 4.79 Å². The summed E-state index contributed by atoms with van der Waals surface area (Å²) < 4.78 is 3.76. The molecule has 0 aliphatic heterocycles. The molecule has 0 bridgehead atoms. The Kier molecular flexibility index (Phi) is 3.93. The van der Waals surface area contributed by atoms with E-state index in [0.717, 1.165) is 41.0 Å². The van der Waals surface area contributed by atoms with Gasteiger partial charge in [-0.15, -0.1) is 5.10 Å². The number of imidazole rings is 1. The highest BCUT2D eigenvalue weighted by Gasteiger charge is 2.29. The standard InChI is InChI=1S/C21H20N6O/c1-26-19-13-14(11-12-17(19)24-25-26)20(28)23-21-22-16-9-5-6-10-18(16)27(21)15-7-3-2-4-8-15/h2-10,14H,11-13H2,1H3,(H,22,23,28). The Morgan fingerprint density at radius 3 is 2.75 bits per heavy atom. The van der Waals surface area contributed by atoms with Gasteiger partial charge in [0.25, 0.3) is 0 Å². The largest absolute Gasteiger partial charge is 0.295 e. The maximum atomic E-state index is 13.1. The van der Waals surface area contributed by atoms with Gasteiger partial charge in [0.2, 0.25) is 11.9 Å². The van der Waals surface area contributed by atoms with Crippen molar-refractivity contribution in [3.8, 4) is 5.69 Å². The Morgan fingerprint density at radius 1 is 1.11 bits per heavy atom. The molecular formula is C21H20N6O. The fourth-order valence-corrected chi connectivity index (χ4v) is 3.89. The zero-order valence-corrected chi connectivity index (χ0v) is 15.5. The maximum absolute atomic E-state index is 13.1. The smallest absolute Gasteiger partial charge is 0.230 e. The number of fused-ring (bicyclic) bond motifs is 2. The van der Waals surface area contributed by atoms with E-state index in [1.165, 1.54) is 0 Å². The maximum Gasteiger partial charge on any atom is 0.230 e. The molecule has 2 aromatic heterocycles. The van der Waals surface area contributed by atoms with Crippen LogP contribution in [0.5, 0.6) is 0 Å². The number of rotatable bonds is 3. The molecule has 7 nitrogen and oxygen atoms in total. The first kappa shape index (κ1) is 16.7. The van der Waals surface area contributed by atoms with Gasteiger partial charge in [0.1, 0.15) is 0 Å². The molecule has 1 atom stereocenters. The van der Waals surface area contributed by atoms with Gasteiger partial charge in [0, 0.05) is 25.1 Å². The Hall–Kier alpha value is -3.48. The van der Waals surface area contributed by atoms with Crippen molar-refractivity contribution in [3.63, 3.8) is 0 Å². The van der Waals surface area contributed by atoms with Gasteiger partial charge in [0.15, 0.2) is 0 Å². The van der Waals surface area contributed by atoms with Crippen LogP contribution >= 0.6 is 0 Å². The highest BCUT2D eigenvalue weighted by atomic mass is 16.2. The molecule has 1 aliphatic rings. The number of para-hydroxylation sites is 3. The normalized spacial score (nSPS) is 16.1. The van der Waals surface area contributed by atoms with E-state index in [1.54, 1.807) is 4.68 Å². The third kappa shape index (κ3) is 2.76. The van der Waals surface area contributed by atoms with Gasteiger partial charge in [-0.3, -0.25) is 19.4 Å². The monoisotopic (exact) mass is 372 g/mol. The quantitative estimate of drug-likeness (QED) is 0.600. The molecule has 0 saturated carbocycles. The Labute approximate surface area is 162 Å². The number of carbonyl (C=O) groups excluding carboxylic acids is 1. The summed E-state index contributed by atoms with van der Waals surface area (Å²) in [4.78, 5) is 17.7. The fourth-order valence-electron chi connectivity index (χ4n) is 3.89. The Morgan fingerprint density at radius 2 is 1.89 bits per heavy atom. The predicted molar refractivity (Wildman–Crippen MR) is 106 cm³/mol. The zero-order chi connectivity index (χ0) is 19.1. The van der Waals surface area contributed by atoms with Crippen LogP contribution in [0.3, 0.4) is 0 Å². The minimum absolute atomic E-state index is 0.0145. The number of nitrogens with one attached hydrogen (secondary N) is 1. The summed E-state index contributed by atoms with van der Waals surface area (Å²) >= 11 is 0. The van der Waals surface area contributed by atoms with E-state index < -0.39 is 0 Å². The van der Waals surface area contributed by atoms with Crippen molar-refractivity contribution in [1.29, 1.82) is 0 Å². The summed E-state index contributed by atoms with van der Waals surface area (Å²) in [6.45, 7) is 0. The molecule has 7 heteroatoms. The molecule has 1 amide bonds. The molecule has 2 aromatic carbocycles. The lowest BCUT2D eigenvalue weighted by molar-refractivity contribution is -0.120. The van der Waals surface area contributed by atoms with Crippen molar-refractivity contribution >= 4 is 22.9 Å². The van der Waals surface area contributed by atoms with E-state index in [9.17, 15) is 4.79 Å². The van der Waals surface area contributed by atoms with Crippen LogP contribution in [0, 0.1) is 5.92 Å². The molecule has 4 aromatic rings. The molecule has 28 heavy (non-hydrogen) atoms. The van der Waals surface area contributed by atoms with E-state index in [0.29, 0.717) is 12.4 Å². The first-order valence-electron chi connectivity index (χ1n) is 9.42. The van der Waals surface area contributed by atoms with Crippen molar-refractivity contribution in [2.75, 3.05) is 5.32 Å². The van der Waals surface area contributed by atoms with Crippen LogP contribution in [-0.2, 0) is 24.7 Å². The second kappa shape index (κ2) is 6.60. The average molecular weight is 372 g/mol. The van der Waals surface area contributed by atoms with Crippen LogP contribution < -0.4 is 5.32 Å². The molecule has 140 valence electrons. The van der Waals surface area contributed by atoms with E-state index in [1.807, 2.05) is 66.2 Å². The van der Waals surface area contributed by atoms with Gasteiger partial charge < -0.3 is 0 Å². The molecule has 2 heterocycles.